The van der Waals surface area contributed by atoms with Crippen molar-refractivity contribution in [1.82, 2.24) is 5.32 Å². The van der Waals surface area contributed by atoms with Gasteiger partial charge in [0.15, 0.2) is 0 Å². The minimum absolute atomic E-state index is 0.0679. The van der Waals surface area contributed by atoms with Gasteiger partial charge in [0.2, 0.25) is 0 Å². The molecule has 0 aliphatic carbocycles. The van der Waals surface area contributed by atoms with Crippen LogP contribution in [-0.2, 0) is 6.42 Å². The molecular weight excluding hydrogens is 318 g/mol. The maximum atomic E-state index is 12.2. The van der Waals surface area contributed by atoms with Crippen molar-refractivity contribution in [3.63, 3.8) is 0 Å². The van der Waals surface area contributed by atoms with Gasteiger partial charge in [-0.15, -0.1) is 0 Å². The highest BCUT2D eigenvalue weighted by atomic mass is 35.5. The summed E-state index contributed by atoms with van der Waals surface area (Å²) in [6.07, 6.45) is 0.716. The fourth-order valence-electron chi connectivity index (χ4n) is 2.56. The van der Waals surface area contributed by atoms with Gasteiger partial charge in [-0.3, -0.25) is 4.79 Å². The van der Waals surface area contributed by atoms with Gasteiger partial charge in [-0.25, -0.2) is 0 Å². The van der Waals surface area contributed by atoms with Crippen molar-refractivity contribution in [2.45, 2.75) is 6.42 Å². The van der Waals surface area contributed by atoms with Crippen molar-refractivity contribution >= 4 is 17.5 Å². The number of hydrogen-bond donors (Lipinski definition) is 1. The van der Waals surface area contributed by atoms with E-state index in [1.165, 1.54) is 0 Å². The summed E-state index contributed by atoms with van der Waals surface area (Å²) in [5.74, 6) is -0.0679. The minimum atomic E-state index is -0.0679. The molecule has 0 bridgehead atoms. The molecule has 120 valence electrons. The van der Waals surface area contributed by atoms with E-state index in [2.05, 4.69) is 17.4 Å². The number of nitrogens with one attached hydrogen (secondary N) is 1. The second-order valence-electron chi connectivity index (χ2n) is 5.54. The molecule has 0 unspecified atom stereocenters. The third-order valence-corrected chi connectivity index (χ3v) is 4.26. The molecule has 3 heteroatoms. The average Bonchev–Trinajstić information content (AvgIpc) is 2.64. The van der Waals surface area contributed by atoms with E-state index in [-0.39, 0.29) is 5.91 Å². The normalized spacial score (nSPS) is 10.4. The Balaban J connectivity index is 1.58. The Labute approximate surface area is 147 Å². The van der Waals surface area contributed by atoms with Crippen molar-refractivity contribution in [2.75, 3.05) is 6.54 Å². The zero-order chi connectivity index (χ0) is 16.8. The average molecular weight is 336 g/mol. The zero-order valence-corrected chi connectivity index (χ0v) is 14.0. The summed E-state index contributed by atoms with van der Waals surface area (Å²) in [6.45, 7) is 0.559. The van der Waals surface area contributed by atoms with E-state index in [0.29, 0.717) is 18.5 Å². The molecule has 0 saturated carbocycles. The molecule has 0 spiro atoms. The van der Waals surface area contributed by atoms with Crippen LogP contribution in [0.25, 0.3) is 11.1 Å². The second-order valence-corrected chi connectivity index (χ2v) is 5.95. The third kappa shape index (κ3) is 4.03. The van der Waals surface area contributed by atoms with Gasteiger partial charge in [-0.1, -0.05) is 72.3 Å². The maximum absolute atomic E-state index is 12.2. The van der Waals surface area contributed by atoms with Crippen LogP contribution in [-0.4, -0.2) is 12.5 Å². The lowest BCUT2D eigenvalue weighted by Crippen LogP contribution is -2.25. The highest BCUT2D eigenvalue weighted by molar-refractivity contribution is 6.31. The van der Waals surface area contributed by atoms with Gasteiger partial charge < -0.3 is 5.32 Å². The van der Waals surface area contributed by atoms with Crippen LogP contribution < -0.4 is 5.32 Å². The van der Waals surface area contributed by atoms with E-state index in [0.717, 1.165) is 21.7 Å². The molecule has 0 fully saturated rings. The van der Waals surface area contributed by atoms with Crippen LogP contribution >= 0.6 is 11.6 Å². The van der Waals surface area contributed by atoms with Crippen molar-refractivity contribution in [2.24, 2.45) is 0 Å². The lowest BCUT2D eigenvalue weighted by Gasteiger charge is -2.08. The SMILES string of the molecule is O=C(NCCc1ccccc1Cl)c1ccc(-c2ccccc2)cc1. The smallest absolute Gasteiger partial charge is 0.251 e. The van der Waals surface area contributed by atoms with Gasteiger partial charge in [0.05, 0.1) is 0 Å². The van der Waals surface area contributed by atoms with E-state index in [4.69, 9.17) is 11.6 Å². The predicted octanol–water partition coefficient (Wildman–Crippen LogP) is 4.98. The first kappa shape index (κ1) is 16.3. The lowest BCUT2D eigenvalue weighted by molar-refractivity contribution is 0.0954. The van der Waals surface area contributed by atoms with Crippen LogP contribution in [0.5, 0.6) is 0 Å². The molecule has 0 aliphatic heterocycles. The number of amides is 1. The van der Waals surface area contributed by atoms with E-state index in [1.807, 2.05) is 66.7 Å². The van der Waals surface area contributed by atoms with Crippen molar-refractivity contribution in [3.05, 3.63) is 95.0 Å². The van der Waals surface area contributed by atoms with Gasteiger partial charge in [0.1, 0.15) is 0 Å². The molecule has 0 radical (unpaired) electrons. The molecule has 2 nitrogen and oxygen atoms in total. The molecule has 0 heterocycles. The molecule has 0 aliphatic rings. The molecule has 3 aromatic carbocycles. The molecule has 1 N–H and O–H groups in total. The van der Waals surface area contributed by atoms with Crippen molar-refractivity contribution in [1.29, 1.82) is 0 Å². The fourth-order valence-corrected chi connectivity index (χ4v) is 2.79. The standard InChI is InChI=1S/C21H18ClNO/c22-20-9-5-4-8-18(20)14-15-23-21(24)19-12-10-17(11-13-19)16-6-2-1-3-7-16/h1-13H,14-15H2,(H,23,24). The Morgan fingerprint density at radius 1 is 0.792 bits per heavy atom. The highest BCUT2D eigenvalue weighted by Crippen LogP contribution is 2.19. The Morgan fingerprint density at radius 2 is 1.42 bits per heavy atom. The van der Waals surface area contributed by atoms with E-state index in [9.17, 15) is 4.79 Å². The van der Waals surface area contributed by atoms with Crippen molar-refractivity contribution in [3.8, 4) is 11.1 Å². The number of hydrogen-bond acceptors (Lipinski definition) is 1. The molecule has 0 atom stereocenters. The lowest BCUT2D eigenvalue weighted by atomic mass is 10.0. The quantitative estimate of drug-likeness (QED) is 0.700. The summed E-state index contributed by atoms with van der Waals surface area (Å²) in [4.78, 5) is 12.2. The number of carbonyl (C=O) groups is 1. The number of carbonyl (C=O) groups excluding carboxylic acids is 1. The third-order valence-electron chi connectivity index (χ3n) is 3.89. The first-order chi connectivity index (χ1) is 11.7. The summed E-state index contributed by atoms with van der Waals surface area (Å²) in [7, 11) is 0. The molecular formula is C21H18ClNO. The van der Waals surface area contributed by atoms with Gasteiger partial charge in [-0.05, 0) is 41.3 Å². The first-order valence-electron chi connectivity index (χ1n) is 7.91. The van der Waals surface area contributed by atoms with E-state index >= 15 is 0 Å². The predicted molar refractivity (Wildman–Crippen MR) is 99.4 cm³/mol. The summed E-state index contributed by atoms with van der Waals surface area (Å²) in [5.41, 5.74) is 3.94. The number of rotatable bonds is 5. The Bertz CT molecular complexity index is 813. The Hall–Kier alpha value is -2.58. The van der Waals surface area contributed by atoms with Gasteiger partial charge in [-0.2, -0.15) is 0 Å². The van der Waals surface area contributed by atoms with Gasteiger partial charge >= 0.3 is 0 Å². The summed E-state index contributed by atoms with van der Waals surface area (Å²) < 4.78 is 0. The van der Waals surface area contributed by atoms with Crippen LogP contribution in [0.4, 0.5) is 0 Å². The fraction of sp³-hybridized carbons (Fsp3) is 0.0952. The first-order valence-corrected chi connectivity index (χ1v) is 8.29. The largest absolute Gasteiger partial charge is 0.352 e. The number of benzene rings is 3. The second kappa shape index (κ2) is 7.80. The van der Waals surface area contributed by atoms with E-state index in [1.54, 1.807) is 0 Å². The monoisotopic (exact) mass is 335 g/mol. The van der Waals surface area contributed by atoms with Crippen LogP contribution in [0.2, 0.25) is 5.02 Å². The van der Waals surface area contributed by atoms with Crippen LogP contribution in [0.3, 0.4) is 0 Å². The molecule has 24 heavy (non-hydrogen) atoms. The maximum Gasteiger partial charge on any atom is 0.251 e. The molecule has 0 aromatic heterocycles. The Morgan fingerprint density at radius 3 is 2.12 bits per heavy atom. The van der Waals surface area contributed by atoms with Gasteiger partial charge in [0.25, 0.3) is 5.91 Å². The molecule has 0 saturated heterocycles. The summed E-state index contributed by atoms with van der Waals surface area (Å²) in [5, 5.41) is 3.67. The van der Waals surface area contributed by atoms with Crippen LogP contribution in [0, 0.1) is 0 Å². The summed E-state index contributed by atoms with van der Waals surface area (Å²) in [6, 6.07) is 25.4. The summed E-state index contributed by atoms with van der Waals surface area (Å²) >= 11 is 6.12. The highest BCUT2D eigenvalue weighted by Gasteiger charge is 2.06. The molecule has 3 rings (SSSR count). The minimum Gasteiger partial charge on any atom is -0.352 e. The number of halogens is 1. The van der Waals surface area contributed by atoms with Crippen molar-refractivity contribution < 1.29 is 4.79 Å². The van der Waals surface area contributed by atoms with Crippen LogP contribution in [0.15, 0.2) is 78.9 Å². The van der Waals surface area contributed by atoms with Gasteiger partial charge in [0, 0.05) is 17.1 Å². The topological polar surface area (TPSA) is 29.1 Å². The molecule has 3 aromatic rings. The molecule has 1 amide bonds. The zero-order valence-electron chi connectivity index (χ0n) is 13.2. The van der Waals surface area contributed by atoms with Crippen LogP contribution in [0.1, 0.15) is 15.9 Å². The Kier molecular flexibility index (Phi) is 5.29. The van der Waals surface area contributed by atoms with E-state index < -0.39 is 0 Å².